The number of carbonyl (C=O) groups is 2. The number of nitrogens with one attached hydrogen (secondary N) is 1. The fourth-order valence-electron chi connectivity index (χ4n) is 6.25. The minimum Gasteiger partial charge on any atom is -0.351 e. The molecule has 2 bridgehead atoms. The van der Waals surface area contributed by atoms with Gasteiger partial charge < -0.3 is 16.0 Å². The predicted octanol–water partition coefficient (Wildman–Crippen LogP) is 2.29. The lowest BCUT2D eigenvalue weighted by Crippen LogP contribution is -2.63. The SMILES string of the molecule is CC(=O)NC1(C)CC2CC(C)CC(C(N)C(=O)N(C)[C@H]3C[C@H]3C)(C2)C1. The fraction of sp³-hybridized carbons (Fsp3) is 0.900. The third-order valence-corrected chi connectivity index (χ3v) is 6.98. The molecule has 0 aliphatic heterocycles. The van der Waals surface area contributed by atoms with E-state index in [0.29, 0.717) is 23.8 Å². The van der Waals surface area contributed by atoms with E-state index in [9.17, 15) is 9.59 Å². The summed E-state index contributed by atoms with van der Waals surface area (Å²) in [6.45, 7) is 8.19. The van der Waals surface area contributed by atoms with E-state index >= 15 is 0 Å². The van der Waals surface area contributed by atoms with Gasteiger partial charge >= 0.3 is 0 Å². The van der Waals surface area contributed by atoms with Gasteiger partial charge in [-0.3, -0.25) is 9.59 Å². The first-order valence-electron chi connectivity index (χ1n) is 9.86. The molecule has 0 aromatic carbocycles. The normalized spacial score (nSPS) is 43.9. The quantitative estimate of drug-likeness (QED) is 0.818. The summed E-state index contributed by atoms with van der Waals surface area (Å²) in [4.78, 5) is 26.7. The lowest BCUT2D eigenvalue weighted by atomic mass is 9.52. The van der Waals surface area contributed by atoms with Crippen molar-refractivity contribution >= 4 is 11.8 Å². The summed E-state index contributed by atoms with van der Waals surface area (Å²) < 4.78 is 0. The second-order valence-electron chi connectivity index (χ2n) is 9.81. The van der Waals surface area contributed by atoms with Crippen molar-refractivity contribution < 1.29 is 9.59 Å². The highest BCUT2D eigenvalue weighted by atomic mass is 16.2. The molecule has 2 amide bonds. The Morgan fingerprint density at radius 1 is 1.20 bits per heavy atom. The van der Waals surface area contributed by atoms with Gasteiger partial charge in [-0.1, -0.05) is 13.8 Å². The Morgan fingerprint density at radius 2 is 1.84 bits per heavy atom. The maximum atomic E-state index is 13.1. The van der Waals surface area contributed by atoms with Crippen molar-refractivity contribution in [3.05, 3.63) is 0 Å². The highest BCUT2D eigenvalue weighted by Gasteiger charge is 2.55. The topological polar surface area (TPSA) is 75.4 Å². The molecule has 0 saturated heterocycles. The summed E-state index contributed by atoms with van der Waals surface area (Å²) in [5, 5.41) is 3.17. The number of fused-ring (bicyclic) bond motifs is 2. The summed E-state index contributed by atoms with van der Waals surface area (Å²) >= 11 is 0. The lowest BCUT2D eigenvalue weighted by Gasteiger charge is -2.56. The molecule has 25 heavy (non-hydrogen) atoms. The average Bonchev–Trinajstić information content (AvgIpc) is 3.18. The molecule has 0 heterocycles. The number of amides is 2. The summed E-state index contributed by atoms with van der Waals surface area (Å²) in [5.74, 6) is 1.82. The minimum absolute atomic E-state index is 0.00879. The summed E-state index contributed by atoms with van der Waals surface area (Å²) in [5.41, 5.74) is 6.21. The monoisotopic (exact) mass is 349 g/mol. The number of likely N-dealkylation sites (N-methyl/N-ethyl adjacent to an activating group) is 1. The third-order valence-electron chi connectivity index (χ3n) is 6.98. The van der Waals surface area contributed by atoms with E-state index < -0.39 is 6.04 Å². The minimum atomic E-state index is -0.469. The largest absolute Gasteiger partial charge is 0.351 e. The number of rotatable bonds is 4. The van der Waals surface area contributed by atoms with Crippen molar-refractivity contribution in [1.29, 1.82) is 0 Å². The Hall–Kier alpha value is -1.10. The van der Waals surface area contributed by atoms with Gasteiger partial charge in [-0.2, -0.15) is 0 Å². The molecule has 3 aliphatic rings. The van der Waals surface area contributed by atoms with Gasteiger partial charge in [0.1, 0.15) is 0 Å². The number of hydrogen-bond donors (Lipinski definition) is 2. The van der Waals surface area contributed by atoms with Crippen LogP contribution in [0.5, 0.6) is 0 Å². The van der Waals surface area contributed by atoms with Gasteiger partial charge in [0.2, 0.25) is 11.8 Å². The fourth-order valence-corrected chi connectivity index (χ4v) is 6.25. The van der Waals surface area contributed by atoms with Crippen LogP contribution in [0.4, 0.5) is 0 Å². The van der Waals surface area contributed by atoms with E-state index in [-0.39, 0.29) is 22.8 Å². The maximum Gasteiger partial charge on any atom is 0.240 e. The Balaban J connectivity index is 1.84. The van der Waals surface area contributed by atoms with Crippen LogP contribution >= 0.6 is 0 Å². The van der Waals surface area contributed by atoms with Crippen LogP contribution in [0.15, 0.2) is 0 Å². The van der Waals surface area contributed by atoms with Gasteiger partial charge in [0.15, 0.2) is 0 Å². The van der Waals surface area contributed by atoms with Gasteiger partial charge in [0.05, 0.1) is 6.04 Å². The maximum absolute atomic E-state index is 13.1. The summed E-state index contributed by atoms with van der Waals surface area (Å²) in [6.07, 6.45) is 6.07. The Morgan fingerprint density at radius 3 is 2.40 bits per heavy atom. The standard InChI is InChI=1S/C20H35N3O2/c1-12-6-15-9-19(4,22-14(3)24)11-20(8-12,10-15)17(21)18(25)23(5)16-7-13(16)2/h12-13,15-17H,6-11,21H2,1-5H3,(H,22,24)/t12?,13-,15?,16+,17?,19?,20?/m1/s1. The van der Waals surface area contributed by atoms with Crippen LogP contribution in [0.1, 0.15) is 66.2 Å². The highest BCUT2D eigenvalue weighted by molar-refractivity contribution is 5.83. The van der Waals surface area contributed by atoms with Crippen LogP contribution in [0.3, 0.4) is 0 Å². The Labute approximate surface area is 152 Å². The second kappa shape index (κ2) is 6.26. The summed E-state index contributed by atoms with van der Waals surface area (Å²) in [7, 11) is 1.91. The van der Waals surface area contributed by atoms with Crippen molar-refractivity contribution in [3.63, 3.8) is 0 Å². The predicted molar refractivity (Wildman–Crippen MR) is 98.7 cm³/mol. The average molecular weight is 350 g/mol. The molecule has 0 aromatic heterocycles. The van der Waals surface area contributed by atoms with Crippen molar-refractivity contribution in [2.75, 3.05) is 7.05 Å². The molecule has 5 unspecified atom stereocenters. The Bertz CT molecular complexity index is 561. The molecule has 5 nitrogen and oxygen atoms in total. The molecular weight excluding hydrogens is 314 g/mol. The van der Waals surface area contributed by atoms with Crippen LogP contribution in [-0.2, 0) is 9.59 Å². The molecule has 3 rings (SSSR count). The van der Waals surface area contributed by atoms with Crippen molar-refractivity contribution in [3.8, 4) is 0 Å². The van der Waals surface area contributed by atoms with Gasteiger partial charge in [-0.15, -0.1) is 0 Å². The molecule has 3 N–H and O–H groups in total. The number of hydrogen-bond acceptors (Lipinski definition) is 3. The number of nitrogens with zero attached hydrogens (tertiary/aromatic N) is 1. The van der Waals surface area contributed by atoms with Gasteiger partial charge in [0, 0.05) is 25.6 Å². The van der Waals surface area contributed by atoms with Gasteiger partial charge in [-0.05, 0) is 68.6 Å². The molecule has 3 saturated carbocycles. The van der Waals surface area contributed by atoms with E-state index in [0.717, 1.165) is 32.1 Å². The molecular formula is C20H35N3O2. The van der Waals surface area contributed by atoms with E-state index in [1.54, 1.807) is 6.92 Å². The summed E-state index contributed by atoms with van der Waals surface area (Å²) in [6, 6.07) is -0.110. The third kappa shape index (κ3) is 3.57. The molecule has 3 aliphatic carbocycles. The first-order valence-corrected chi connectivity index (χ1v) is 9.86. The first-order chi connectivity index (χ1) is 11.6. The lowest BCUT2D eigenvalue weighted by molar-refractivity contribution is -0.139. The van der Waals surface area contributed by atoms with E-state index in [1.165, 1.54) is 6.42 Å². The van der Waals surface area contributed by atoms with Crippen molar-refractivity contribution in [2.24, 2.45) is 28.9 Å². The van der Waals surface area contributed by atoms with Crippen LogP contribution in [0.25, 0.3) is 0 Å². The molecule has 7 atom stereocenters. The van der Waals surface area contributed by atoms with E-state index in [4.69, 9.17) is 5.73 Å². The van der Waals surface area contributed by atoms with Gasteiger partial charge in [0.25, 0.3) is 0 Å². The van der Waals surface area contributed by atoms with Crippen LogP contribution in [0.2, 0.25) is 0 Å². The van der Waals surface area contributed by atoms with Crippen LogP contribution in [-0.4, -0.2) is 41.4 Å². The van der Waals surface area contributed by atoms with Crippen LogP contribution < -0.4 is 11.1 Å². The molecule has 142 valence electrons. The Kier molecular flexibility index (Phi) is 4.68. The zero-order valence-electron chi connectivity index (χ0n) is 16.5. The highest BCUT2D eigenvalue weighted by Crippen LogP contribution is 2.55. The zero-order chi connectivity index (χ0) is 18.6. The zero-order valence-corrected chi connectivity index (χ0v) is 16.5. The van der Waals surface area contributed by atoms with Gasteiger partial charge in [-0.25, -0.2) is 0 Å². The molecule has 3 fully saturated rings. The van der Waals surface area contributed by atoms with Crippen molar-refractivity contribution in [1.82, 2.24) is 10.2 Å². The molecule has 5 heteroatoms. The second-order valence-corrected chi connectivity index (χ2v) is 9.81. The first kappa shape index (κ1) is 18.7. The number of carbonyl (C=O) groups excluding carboxylic acids is 2. The van der Waals surface area contributed by atoms with Crippen LogP contribution in [0, 0.1) is 23.2 Å². The smallest absolute Gasteiger partial charge is 0.240 e. The van der Waals surface area contributed by atoms with E-state index in [1.807, 2.05) is 11.9 Å². The number of nitrogens with two attached hydrogens (primary N) is 1. The van der Waals surface area contributed by atoms with Crippen molar-refractivity contribution in [2.45, 2.75) is 83.8 Å². The molecule has 0 aromatic rings. The van der Waals surface area contributed by atoms with E-state index in [2.05, 4.69) is 26.1 Å². The molecule has 0 radical (unpaired) electrons. The molecule has 0 spiro atoms.